The molecule has 0 saturated heterocycles. The fourth-order valence-corrected chi connectivity index (χ4v) is 2.85. The monoisotopic (exact) mass is 376 g/mol. The van der Waals surface area contributed by atoms with Gasteiger partial charge in [0.1, 0.15) is 11.6 Å². The van der Waals surface area contributed by atoms with E-state index in [1.807, 2.05) is 45.0 Å². The number of benzene rings is 2. The molecule has 0 aromatic heterocycles. The molecule has 120 valence electrons. The molecule has 2 aromatic rings. The lowest BCUT2D eigenvalue weighted by molar-refractivity contribution is -0.180. The van der Waals surface area contributed by atoms with Gasteiger partial charge in [0.2, 0.25) is 5.79 Å². The molecule has 1 aliphatic heterocycles. The number of halogens is 2. The van der Waals surface area contributed by atoms with Crippen molar-refractivity contribution in [3.05, 3.63) is 63.1 Å². The summed E-state index contributed by atoms with van der Waals surface area (Å²) in [6.07, 6.45) is 1.55. The molecule has 0 spiro atoms. The van der Waals surface area contributed by atoms with E-state index in [0.29, 0.717) is 17.9 Å². The van der Waals surface area contributed by atoms with E-state index in [4.69, 9.17) is 9.47 Å². The topological polar surface area (TPSA) is 18.5 Å². The summed E-state index contributed by atoms with van der Waals surface area (Å²) >= 11 is 3.47. The largest absolute Gasteiger partial charge is 0.463 e. The molecule has 23 heavy (non-hydrogen) atoms. The Labute approximate surface area is 144 Å². The lowest BCUT2D eigenvalue weighted by Gasteiger charge is -2.32. The molecule has 3 rings (SSSR count). The number of hydrogen-bond donors (Lipinski definition) is 0. The van der Waals surface area contributed by atoms with Crippen molar-refractivity contribution in [1.82, 2.24) is 0 Å². The van der Waals surface area contributed by atoms with Gasteiger partial charge in [0.25, 0.3) is 0 Å². The third kappa shape index (κ3) is 3.48. The summed E-state index contributed by atoms with van der Waals surface area (Å²) in [6.45, 7) is 6.12. The molecule has 0 atom stereocenters. The molecule has 2 nitrogen and oxygen atoms in total. The minimum Gasteiger partial charge on any atom is -0.463 e. The molecule has 0 radical (unpaired) electrons. The third-order valence-corrected chi connectivity index (χ3v) is 4.72. The van der Waals surface area contributed by atoms with Crippen LogP contribution in [0.15, 0.2) is 40.9 Å². The van der Waals surface area contributed by atoms with E-state index < -0.39 is 5.79 Å². The Morgan fingerprint density at radius 3 is 2.83 bits per heavy atom. The maximum atomic E-state index is 14.7. The molecule has 0 unspecified atom stereocenters. The Hall–Kier alpha value is -1.65. The predicted octanol–water partition coefficient (Wildman–Crippen LogP) is 5.87. The van der Waals surface area contributed by atoms with Crippen molar-refractivity contribution in [3.8, 4) is 5.75 Å². The van der Waals surface area contributed by atoms with E-state index in [-0.39, 0.29) is 5.83 Å². The van der Waals surface area contributed by atoms with Gasteiger partial charge in [0.15, 0.2) is 0 Å². The van der Waals surface area contributed by atoms with Crippen molar-refractivity contribution < 1.29 is 13.9 Å². The summed E-state index contributed by atoms with van der Waals surface area (Å²) in [4.78, 5) is 0. The Balaban J connectivity index is 1.96. The zero-order chi connectivity index (χ0) is 16.6. The van der Waals surface area contributed by atoms with Gasteiger partial charge in [-0.1, -0.05) is 40.2 Å². The van der Waals surface area contributed by atoms with E-state index in [2.05, 4.69) is 15.9 Å². The first kappa shape index (κ1) is 16.2. The van der Waals surface area contributed by atoms with Gasteiger partial charge in [-0.25, -0.2) is 4.39 Å². The minimum absolute atomic E-state index is 0.290. The van der Waals surface area contributed by atoms with Crippen LogP contribution in [0, 0.1) is 6.92 Å². The summed E-state index contributed by atoms with van der Waals surface area (Å²) in [5, 5.41) is 0. The highest BCUT2D eigenvalue weighted by molar-refractivity contribution is 9.10. The van der Waals surface area contributed by atoms with Gasteiger partial charge in [-0.05, 0) is 36.3 Å². The second-order valence-corrected chi connectivity index (χ2v) is 6.91. The van der Waals surface area contributed by atoms with Crippen LogP contribution >= 0.6 is 15.9 Å². The fraction of sp³-hybridized carbons (Fsp3) is 0.263. The second-order valence-electron chi connectivity index (χ2n) is 6.06. The Morgan fingerprint density at radius 2 is 2.04 bits per heavy atom. The van der Waals surface area contributed by atoms with E-state index in [0.717, 1.165) is 21.2 Å². The Morgan fingerprint density at radius 1 is 1.26 bits per heavy atom. The van der Waals surface area contributed by atoms with Crippen molar-refractivity contribution in [3.63, 3.8) is 0 Å². The van der Waals surface area contributed by atoms with Crippen LogP contribution in [0.25, 0.3) is 11.9 Å². The average Bonchev–Trinajstić information content (AvgIpc) is 2.50. The molecule has 1 aliphatic rings. The molecule has 1 heterocycles. The van der Waals surface area contributed by atoms with Crippen LogP contribution in [0.2, 0.25) is 0 Å². The molecule has 0 bridgehead atoms. The van der Waals surface area contributed by atoms with Gasteiger partial charge >= 0.3 is 0 Å². The molecule has 0 saturated carbocycles. The number of rotatable bonds is 2. The quantitative estimate of drug-likeness (QED) is 0.610. The fourth-order valence-electron chi connectivity index (χ4n) is 2.46. The minimum atomic E-state index is -0.688. The standard InChI is InChI=1S/C19H18BrFO2/c1-12-13(5-4-6-16(12)20)9-17(21)14-7-8-15-11-22-19(2,3)23-18(15)10-14/h4-10H,11H2,1-3H3. The van der Waals surface area contributed by atoms with E-state index in [1.165, 1.54) is 0 Å². The van der Waals surface area contributed by atoms with E-state index in [1.54, 1.807) is 18.2 Å². The zero-order valence-electron chi connectivity index (χ0n) is 13.3. The van der Waals surface area contributed by atoms with Crippen LogP contribution in [0.1, 0.15) is 36.1 Å². The molecule has 2 aromatic carbocycles. The van der Waals surface area contributed by atoms with Gasteiger partial charge in [0, 0.05) is 29.4 Å². The average molecular weight is 377 g/mol. The summed E-state index contributed by atoms with van der Waals surface area (Å²) in [6, 6.07) is 11.1. The lowest BCUT2D eigenvalue weighted by atomic mass is 10.0. The highest BCUT2D eigenvalue weighted by Gasteiger charge is 2.27. The van der Waals surface area contributed by atoms with Gasteiger partial charge in [0.05, 0.1) is 6.61 Å². The summed E-state index contributed by atoms with van der Waals surface area (Å²) in [7, 11) is 0. The summed E-state index contributed by atoms with van der Waals surface area (Å²) in [5.74, 6) is -0.303. The van der Waals surface area contributed by atoms with E-state index in [9.17, 15) is 4.39 Å². The van der Waals surface area contributed by atoms with Crippen LogP contribution in [0.5, 0.6) is 5.75 Å². The molecule has 4 heteroatoms. The van der Waals surface area contributed by atoms with Crippen LogP contribution < -0.4 is 4.74 Å². The van der Waals surface area contributed by atoms with Crippen molar-refractivity contribution in [2.45, 2.75) is 33.2 Å². The van der Waals surface area contributed by atoms with Gasteiger partial charge in [-0.2, -0.15) is 0 Å². The van der Waals surface area contributed by atoms with Crippen molar-refractivity contribution >= 4 is 27.8 Å². The van der Waals surface area contributed by atoms with Gasteiger partial charge in [-0.15, -0.1) is 0 Å². The number of ether oxygens (including phenoxy) is 2. The van der Waals surface area contributed by atoms with E-state index >= 15 is 0 Å². The Kier molecular flexibility index (Phi) is 4.30. The van der Waals surface area contributed by atoms with Crippen LogP contribution in [0.3, 0.4) is 0 Å². The first-order chi connectivity index (χ1) is 10.9. The maximum absolute atomic E-state index is 14.7. The summed E-state index contributed by atoms with van der Waals surface area (Å²) in [5.41, 5.74) is 3.28. The number of fused-ring (bicyclic) bond motifs is 1. The van der Waals surface area contributed by atoms with Crippen molar-refractivity contribution in [2.24, 2.45) is 0 Å². The normalized spacial score (nSPS) is 16.7. The van der Waals surface area contributed by atoms with Gasteiger partial charge < -0.3 is 9.47 Å². The zero-order valence-corrected chi connectivity index (χ0v) is 14.9. The molecule has 0 aliphatic carbocycles. The lowest BCUT2D eigenvalue weighted by Crippen LogP contribution is -2.35. The molecular formula is C19H18BrFO2. The SMILES string of the molecule is Cc1c(Br)cccc1C=C(F)c1ccc2c(c1)OC(C)(C)OC2. The van der Waals surface area contributed by atoms with Crippen LogP contribution in [-0.4, -0.2) is 5.79 Å². The van der Waals surface area contributed by atoms with Crippen LogP contribution in [-0.2, 0) is 11.3 Å². The number of hydrogen-bond acceptors (Lipinski definition) is 2. The smallest absolute Gasteiger partial charge is 0.205 e. The molecule has 0 N–H and O–H groups in total. The molecule has 0 fully saturated rings. The molecule has 0 amide bonds. The van der Waals surface area contributed by atoms with Gasteiger partial charge in [-0.3, -0.25) is 0 Å². The highest BCUT2D eigenvalue weighted by atomic mass is 79.9. The van der Waals surface area contributed by atoms with Crippen LogP contribution in [0.4, 0.5) is 4.39 Å². The third-order valence-electron chi connectivity index (χ3n) is 3.87. The maximum Gasteiger partial charge on any atom is 0.205 e. The van der Waals surface area contributed by atoms with Crippen molar-refractivity contribution in [1.29, 1.82) is 0 Å². The molecular weight excluding hydrogens is 359 g/mol. The first-order valence-corrected chi connectivity index (χ1v) is 8.23. The van der Waals surface area contributed by atoms with Crippen molar-refractivity contribution in [2.75, 3.05) is 0 Å². The highest BCUT2D eigenvalue weighted by Crippen LogP contribution is 2.34. The predicted molar refractivity (Wildman–Crippen MR) is 93.8 cm³/mol. The first-order valence-electron chi connectivity index (χ1n) is 7.44. The Bertz CT molecular complexity index is 781. The second kappa shape index (κ2) is 6.10. The summed E-state index contributed by atoms with van der Waals surface area (Å²) < 4.78 is 27.0.